The maximum absolute atomic E-state index is 12.4. The number of nitrogens with zero attached hydrogens (tertiary/aromatic N) is 3. The van der Waals surface area contributed by atoms with Gasteiger partial charge in [-0.3, -0.25) is 4.68 Å². The molecule has 2 aromatic heterocycles. The fourth-order valence-corrected chi connectivity index (χ4v) is 3.90. The van der Waals surface area contributed by atoms with Crippen LogP contribution in [0.4, 0.5) is 4.79 Å². The van der Waals surface area contributed by atoms with E-state index in [-0.39, 0.29) is 6.03 Å². The summed E-state index contributed by atoms with van der Waals surface area (Å²) in [6.07, 6.45) is 0.974. The van der Waals surface area contributed by atoms with Crippen molar-refractivity contribution in [1.29, 1.82) is 0 Å². The van der Waals surface area contributed by atoms with Crippen molar-refractivity contribution in [2.45, 2.75) is 40.3 Å². The maximum atomic E-state index is 12.4. The van der Waals surface area contributed by atoms with Crippen LogP contribution in [-0.2, 0) is 19.5 Å². The van der Waals surface area contributed by atoms with Crippen LogP contribution in [0.2, 0.25) is 0 Å². The summed E-state index contributed by atoms with van der Waals surface area (Å²) in [4.78, 5) is 15.7. The number of aromatic nitrogens is 2. The molecular formula is C17H24N4OS. The highest BCUT2D eigenvalue weighted by atomic mass is 32.1. The first-order valence-corrected chi connectivity index (χ1v) is 9.00. The number of carbonyl (C=O) groups is 1. The van der Waals surface area contributed by atoms with E-state index in [1.807, 2.05) is 16.5 Å². The van der Waals surface area contributed by atoms with Crippen LogP contribution in [0.3, 0.4) is 0 Å². The van der Waals surface area contributed by atoms with Crippen LogP contribution in [0.15, 0.2) is 17.5 Å². The third kappa shape index (κ3) is 3.75. The monoisotopic (exact) mass is 332 g/mol. The summed E-state index contributed by atoms with van der Waals surface area (Å²) >= 11 is 1.79. The Morgan fingerprint density at radius 2 is 2.30 bits per heavy atom. The van der Waals surface area contributed by atoms with E-state index in [0.717, 1.165) is 31.7 Å². The van der Waals surface area contributed by atoms with Crippen LogP contribution in [0.25, 0.3) is 0 Å². The van der Waals surface area contributed by atoms with Gasteiger partial charge in [-0.15, -0.1) is 11.3 Å². The standard InChI is InChI=1S/C17H24N4OS/c1-12(10-21-14(3)8-13(2)19-21)9-18-17(22)20-6-4-16-15(11-20)5-7-23-16/h5,7-8,12H,4,6,9-11H2,1-3H3,(H,18,22)/t12-/m0/s1. The quantitative estimate of drug-likeness (QED) is 0.936. The SMILES string of the molecule is Cc1cc(C)n(C[C@@H](C)CNC(=O)N2CCc3sccc3C2)n1. The second-order valence-corrected chi connectivity index (χ2v) is 7.44. The van der Waals surface area contributed by atoms with E-state index >= 15 is 0 Å². The predicted octanol–water partition coefficient (Wildman–Crippen LogP) is 2.97. The normalized spacial score (nSPS) is 15.3. The molecule has 2 amide bonds. The predicted molar refractivity (Wildman–Crippen MR) is 92.7 cm³/mol. The summed E-state index contributed by atoms with van der Waals surface area (Å²) in [7, 11) is 0. The number of hydrogen-bond acceptors (Lipinski definition) is 3. The second kappa shape index (κ2) is 6.74. The van der Waals surface area contributed by atoms with Crippen LogP contribution in [0.1, 0.15) is 28.8 Å². The second-order valence-electron chi connectivity index (χ2n) is 6.44. The summed E-state index contributed by atoms with van der Waals surface area (Å²) in [5.41, 5.74) is 3.51. The largest absolute Gasteiger partial charge is 0.338 e. The Morgan fingerprint density at radius 3 is 3.04 bits per heavy atom. The molecule has 1 aliphatic heterocycles. The van der Waals surface area contributed by atoms with Gasteiger partial charge in [0.15, 0.2) is 0 Å². The molecule has 0 aliphatic carbocycles. The van der Waals surface area contributed by atoms with Crippen LogP contribution >= 0.6 is 11.3 Å². The van der Waals surface area contributed by atoms with E-state index in [0.29, 0.717) is 12.5 Å². The van der Waals surface area contributed by atoms with Crippen LogP contribution in [0, 0.1) is 19.8 Å². The summed E-state index contributed by atoms with van der Waals surface area (Å²) in [5.74, 6) is 0.346. The van der Waals surface area contributed by atoms with Gasteiger partial charge in [0.05, 0.1) is 5.69 Å². The molecule has 0 saturated carbocycles. The van der Waals surface area contributed by atoms with Gasteiger partial charge < -0.3 is 10.2 Å². The van der Waals surface area contributed by atoms with Gasteiger partial charge in [0, 0.05) is 36.8 Å². The molecule has 0 unspecified atom stereocenters. The van der Waals surface area contributed by atoms with Gasteiger partial charge in [0.25, 0.3) is 0 Å². The van der Waals surface area contributed by atoms with Crippen molar-refractivity contribution in [3.8, 4) is 0 Å². The lowest BCUT2D eigenvalue weighted by molar-refractivity contribution is 0.190. The van der Waals surface area contributed by atoms with Crippen LogP contribution in [-0.4, -0.2) is 33.8 Å². The maximum Gasteiger partial charge on any atom is 0.317 e. The Balaban J connectivity index is 1.48. The minimum Gasteiger partial charge on any atom is -0.338 e. The molecule has 1 N–H and O–H groups in total. The summed E-state index contributed by atoms with van der Waals surface area (Å²) in [5, 5.41) is 9.67. The number of aryl methyl sites for hydroxylation is 2. The van der Waals surface area contributed by atoms with E-state index in [1.165, 1.54) is 16.1 Å². The highest BCUT2D eigenvalue weighted by molar-refractivity contribution is 7.10. The van der Waals surface area contributed by atoms with Crippen molar-refractivity contribution < 1.29 is 4.79 Å². The number of carbonyl (C=O) groups excluding carboxylic acids is 1. The van der Waals surface area contributed by atoms with Gasteiger partial charge in [-0.05, 0) is 49.3 Å². The van der Waals surface area contributed by atoms with Crippen molar-refractivity contribution in [3.05, 3.63) is 39.3 Å². The lowest BCUT2D eigenvalue weighted by atomic mass is 10.1. The fraction of sp³-hybridized carbons (Fsp3) is 0.529. The zero-order valence-electron chi connectivity index (χ0n) is 14.0. The number of hydrogen-bond donors (Lipinski definition) is 1. The molecule has 0 spiro atoms. The molecule has 0 saturated heterocycles. The molecule has 2 aromatic rings. The van der Waals surface area contributed by atoms with E-state index in [2.05, 4.69) is 41.8 Å². The Morgan fingerprint density at radius 1 is 1.48 bits per heavy atom. The Kier molecular flexibility index (Phi) is 4.71. The first-order chi connectivity index (χ1) is 11.0. The molecule has 3 heterocycles. The number of nitrogens with one attached hydrogen (secondary N) is 1. The molecule has 0 radical (unpaired) electrons. The van der Waals surface area contributed by atoms with Crippen molar-refractivity contribution in [1.82, 2.24) is 20.0 Å². The highest BCUT2D eigenvalue weighted by Gasteiger charge is 2.21. The summed E-state index contributed by atoms with van der Waals surface area (Å²) in [6.45, 7) is 9.26. The highest BCUT2D eigenvalue weighted by Crippen LogP contribution is 2.23. The zero-order valence-corrected chi connectivity index (χ0v) is 14.8. The van der Waals surface area contributed by atoms with Gasteiger partial charge in [0.2, 0.25) is 0 Å². The number of thiophene rings is 1. The summed E-state index contributed by atoms with van der Waals surface area (Å²) in [6, 6.07) is 4.25. The Bertz CT molecular complexity index is 691. The molecule has 0 aromatic carbocycles. The van der Waals surface area contributed by atoms with Crippen molar-refractivity contribution in [2.24, 2.45) is 5.92 Å². The number of fused-ring (bicyclic) bond motifs is 1. The van der Waals surface area contributed by atoms with Gasteiger partial charge >= 0.3 is 6.03 Å². The molecule has 0 bridgehead atoms. The van der Waals surface area contributed by atoms with Crippen molar-refractivity contribution in [2.75, 3.05) is 13.1 Å². The van der Waals surface area contributed by atoms with E-state index in [4.69, 9.17) is 0 Å². The van der Waals surface area contributed by atoms with Crippen LogP contribution < -0.4 is 5.32 Å². The van der Waals surface area contributed by atoms with Crippen LogP contribution in [0.5, 0.6) is 0 Å². The van der Waals surface area contributed by atoms with E-state index in [1.54, 1.807) is 11.3 Å². The first-order valence-electron chi connectivity index (χ1n) is 8.12. The molecular weight excluding hydrogens is 308 g/mol. The average molecular weight is 332 g/mol. The fourth-order valence-electron chi connectivity index (χ4n) is 3.01. The van der Waals surface area contributed by atoms with Crippen molar-refractivity contribution >= 4 is 17.4 Å². The van der Waals surface area contributed by atoms with Crippen molar-refractivity contribution in [3.63, 3.8) is 0 Å². The molecule has 124 valence electrons. The Hall–Kier alpha value is -1.82. The molecule has 23 heavy (non-hydrogen) atoms. The average Bonchev–Trinajstić information content (AvgIpc) is 3.10. The van der Waals surface area contributed by atoms with Gasteiger partial charge in [-0.25, -0.2) is 4.79 Å². The lowest BCUT2D eigenvalue weighted by Crippen LogP contribution is -2.44. The Labute approximate surface area is 141 Å². The van der Waals surface area contributed by atoms with Gasteiger partial charge in [-0.1, -0.05) is 6.92 Å². The number of rotatable bonds is 4. The van der Waals surface area contributed by atoms with E-state index in [9.17, 15) is 4.79 Å². The molecule has 5 nitrogen and oxygen atoms in total. The molecule has 1 atom stereocenters. The lowest BCUT2D eigenvalue weighted by Gasteiger charge is -2.27. The summed E-state index contributed by atoms with van der Waals surface area (Å²) < 4.78 is 2.02. The molecule has 1 aliphatic rings. The molecule has 6 heteroatoms. The van der Waals surface area contributed by atoms with E-state index < -0.39 is 0 Å². The topological polar surface area (TPSA) is 50.2 Å². The van der Waals surface area contributed by atoms with Gasteiger partial charge in [0.1, 0.15) is 0 Å². The zero-order chi connectivity index (χ0) is 16.4. The number of urea groups is 1. The molecule has 0 fully saturated rings. The molecule has 3 rings (SSSR count). The minimum absolute atomic E-state index is 0.0436. The smallest absolute Gasteiger partial charge is 0.317 e. The first kappa shape index (κ1) is 16.1. The number of amides is 2. The third-order valence-corrected chi connectivity index (χ3v) is 5.31. The third-order valence-electron chi connectivity index (χ3n) is 4.28. The van der Waals surface area contributed by atoms with Gasteiger partial charge in [-0.2, -0.15) is 5.10 Å². The minimum atomic E-state index is 0.0436.